The van der Waals surface area contributed by atoms with E-state index < -0.39 is 5.97 Å². The van der Waals surface area contributed by atoms with Gasteiger partial charge < -0.3 is 5.11 Å². The predicted octanol–water partition coefficient (Wildman–Crippen LogP) is 0.137. The van der Waals surface area contributed by atoms with Crippen molar-refractivity contribution in [3.8, 4) is 0 Å². The van der Waals surface area contributed by atoms with Gasteiger partial charge in [-0.05, 0) is 24.3 Å². The lowest BCUT2D eigenvalue weighted by Gasteiger charge is -2.03. The van der Waals surface area contributed by atoms with Crippen LogP contribution in [0.25, 0.3) is 5.57 Å². The van der Waals surface area contributed by atoms with Crippen LogP contribution in [0, 0.1) is 0 Å². The Labute approximate surface area is 91.0 Å². The molecule has 2 aliphatic rings. The van der Waals surface area contributed by atoms with Crippen molar-refractivity contribution in [3.05, 3.63) is 46.1 Å². The first-order chi connectivity index (χ1) is 7.75. The predicted molar refractivity (Wildman–Crippen MR) is 59.0 cm³/mol. The topological polar surface area (TPSA) is 62.0 Å². The first-order valence-electron chi connectivity index (χ1n) is 4.91. The van der Waals surface area contributed by atoms with Crippen LogP contribution in [-0.4, -0.2) is 23.8 Å². The Morgan fingerprint density at radius 2 is 2.25 bits per heavy atom. The molecule has 78 valence electrons. The molecule has 0 spiro atoms. The van der Waals surface area contributed by atoms with E-state index in [1.165, 1.54) is 0 Å². The van der Waals surface area contributed by atoms with Crippen molar-refractivity contribution in [3.63, 3.8) is 0 Å². The smallest absolute Gasteiger partial charge is 0.335 e. The van der Waals surface area contributed by atoms with Gasteiger partial charge in [-0.15, -0.1) is 0 Å². The van der Waals surface area contributed by atoms with Gasteiger partial charge in [0, 0.05) is 17.0 Å². The van der Waals surface area contributed by atoms with Crippen LogP contribution in [0.2, 0.25) is 0 Å². The SMILES string of the molecule is O=C(O)c1ccc2c(c1)=C1CN=CC=C1N=2. The molecule has 1 aromatic rings. The van der Waals surface area contributed by atoms with Crippen LogP contribution in [0.4, 0.5) is 0 Å². The molecule has 0 atom stereocenters. The van der Waals surface area contributed by atoms with Crippen molar-refractivity contribution in [2.75, 3.05) is 6.54 Å². The maximum atomic E-state index is 10.9. The molecule has 4 heteroatoms. The Morgan fingerprint density at radius 3 is 3.06 bits per heavy atom. The maximum Gasteiger partial charge on any atom is 0.335 e. The maximum absolute atomic E-state index is 10.9. The number of aliphatic imine (C=N–C) groups is 1. The summed E-state index contributed by atoms with van der Waals surface area (Å²) in [5.41, 5.74) is 2.20. The molecule has 0 saturated heterocycles. The second kappa shape index (κ2) is 3.13. The summed E-state index contributed by atoms with van der Waals surface area (Å²) in [6.07, 6.45) is 3.57. The highest BCUT2D eigenvalue weighted by molar-refractivity contribution is 5.89. The Bertz CT molecular complexity index is 669. The Kier molecular flexibility index (Phi) is 1.77. The molecular formula is C12H8N2O2. The highest BCUT2D eigenvalue weighted by Crippen LogP contribution is 2.16. The summed E-state index contributed by atoms with van der Waals surface area (Å²) in [6.45, 7) is 0.575. The molecule has 0 radical (unpaired) electrons. The largest absolute Gasteiger partial charge is 0.478 e. The van der Waals surface area contributed by atoms with E-state index in [1.54, 1.807) is 24.4 Å². The summed E-state index contributed by atoms with van der Waals surface area (Å²) < 4.78 is 0. The average molecular weight is 212 g/mol. The number of carbonyl (C=O) groups is 1. The van der Waals surface area contributed by atoms with Crippen molar-refractivity contribution in [1.29, 1.82) is 0 Å². The molecule has 1 aromatic carbocycles. The molecule has 0 unspecified atom stereocenters. The standard InChI is InChI=1S/C12H8N2O2/c15-12(16)7-1-2-10-8(5-7)9-6-13-4-3-11(9)14-10/h1-5H,6H2,(H,15,16). The lowest BCUT2D eigenvalue weighted by molar-refractivity contribution is 0.0697. The number of hydrogen-bond acceptors (Lipinski definition) is 3. The normalized spacial score (nSPS) is 16.2. The van der Waals surface area contributed by atoms with Crippen molar-refractivity contribution >= 4 is 17.8 Å². The third-order valence-corrected chi connectivity index (χ3v) is 2.71. The number of nitrogens with zero attached hydrogens (tertiary/aromatic N) is 2. The fourth-order valence-electron chi connectivity index (χ4n) is 1.91. The van der Waals surface area contributed by atoms with E-state index >= 15 is 0 Å². The molecule has 0 saturated carbocycles. The molecule has 2 heterocycles. The summed E-state index contributed by atoms with van der Waals surface area (Å²) >= 11 is 0. The van der Waals surface area contributed by atoms with Gasteiger partial charge in [0.1, 0.15) is 0 Å². The molecular weight excluding hydrogens is 204 g/mol. The average Bonchev–Trinajstić information content (AvgIpc) is 2.66. The molecule has 0 aliphatic carbocycles. The van der Waals surface area contributed by atoms with E-state index in [4.69, 9.17) is 5.11 Å². The van der Waals surface area contributed by atoms with Crippen molar-refractivity contribution in [1.82, 2.24) is 0 Å². The van der Waals surface area contributed by atoms with Gasteiger partial charge in [0.25, 0.3) is 0 Å². The van der Waals surface area contributed by atoms with Crippen LogP contribution in [-0.2, 0) is 0 Å². The Morgan fingerprint density at radius 1 is 1.38 bits per heavy atom. The molecule has 16 heavy (non-hydrogen) atoms. The summed E-state index contributed by atoms with van der Waals surface area (Å²) in [5, 5.41) is 10.7. The van der Waals surface area contributed by atoms with Crippen LogP contribution < -0.4 is 10.6 Å². The minimum atomic E-state index is -0.917. The quantitative estimate of drug-likeness (QED) is 0.719. The van der Waals surface area contributed by atoms with E-state index in [9.17, 15) is 4.79 Å². The van der Waals surface area contributed by atoms with Crippen LogP contribution >= 0.6 is 0 Å². The summed E-state index contributed by atoms with van der Waals surface area (Å²) in [5.74, 6) is -0.917. The molecule has 1 N–H and O–H groups in total. The number of aromatic carboxylic acids is 1. The number of fused-ring (bicyclic) bond motifs is 2. The first-order valence-corrected chi connectivity index (χ1v) is 4.91. The van der Waals surface area contributed by atoms with Gasteiger partial charge in [-0.3, -0.25) is 4.99 Å². The van der Waals surface area contributed by atoms with E-state index in [1.807, 2.05) is 6.08 Å². The fourth-order valence-corrected chi connectivity index (χ4v) is 1.91. The van der Waals surface area contributed by atoms with E-state index in [0.717, 1.165) is 21.8 Å². The van der Waals surface area contributed by atoms with Gasteiger partial charge in [0.2, 0.25) is 0 Å². The molecule has 0 aromatic heterocycles. The zero-order valence-corrected chi connectivity index (χ0v) is 8.34. The number of benzene rings is 1. The van der Waals surface area contributed by atoms with Crippen LogP contribution in [0.15, 0.2) is 40.0 Å². The number of dihydropyridines is 1. The van der Waals surface area contributed by atoms with Crippen molar-refractivity contribution in [2.24, 2.45) is 9.98 Å². The Hall–Kier alpha value is -2.23. The van der Waals surface area contributed by atoms with E-state index in [0.29, 0.717) is 6.54 Å². The lowest BCUT2D eigenvalue weighted by atomic mass is 10.1. The van der Waals surface area contributed by atoms with E-state index in [-0.39, 0.29) is 5.56 Å². The highest BCUT2D eigenvalue weighted by Gasteiger charge is 2.15. The van der Waals surface area contributed by atoms with Crippen LogP contribution in [0.5, 0.6) is 0 Å². The third kappa shape index (κ3) is 1.20. The molecule has 0 bridgehead atoms. The number of carboxylic acid groups (broad SMARTS) is 1. The summed E-state index contributed by atoms with van der Waals surface area (Å²) in [4.78, 5) is 19.4. The summed E-state index contributed by atoms with van der Waals surface area (Å²) in [7, 11) is 0. The van der Waals surface area contributed by atoms with Crippen molar-refractivity contribution in [2.45, 2.75) is 0 Å². The Balaban J connectivity index is 2.34. The number of allylic oxidation sites excluding steroid dienone is 1. The molecule has 2 aliphatic heterocycles. The molecule has 0 amide bonds. The van der Waals surface area contributed by atoms with Gasteiger partial charge in [-0.1, -0.05) is 0 Å². The van der Waals surface area contributed by atoms with Gasteiger partial charge in [0.15, 0.2) is 0 Å². The second-order valence-electron chi connectivity index (χ2n) is 3.67. The molecule has 4 nitrogen and oxygen atoms in total. The number of hydrogen-bond donors (Lipinski definition) is 1. The molecule has 3 rings (SSSR count). The lowest BCUT2D eigenvalue weighted by Crippen LogP contribution is -2.25. The highest BCUT2D eigenvalue weighted by atomic mass is 16.4. The summed E-state index contributed by atoms with van der Waals surface area (Å²) in [6, 6.07) is 4.98. The van der Waals surface area contributed by atoms with Crippen molar-refractivity contribution < 1.29 is 9.90 Å². The van der Waals surface area contributed by atoms with Crippen LogP contribution in [0.1, 0.15) is 10.4 Å². The number of rotatable bonds is 1. The second-order valence-corrected chi connectivity index (χ2v) is 3.67. The minimum absolute atomic E-state index is 0.289. The minimum Gasteiger partial charge on any atom is -0.478 e. The monoisotopic (exact) mass is 212 g/mol. The molecule has 0 fully saturated rings. The third-order valence-electron chi connectivity index (χ3n) is 2.71. The van der Waals surface area contributed by atoms with E-state index in [2.05, 4.69) is 9.98 Å². The van der Waals surface area contributed by atoms with Crippen LogP contribution in [0.3, 0.4) is 0 Å². The van der Waals surface area contributed by atoms with Gasteiger partial charge in [-0.2, -0.15) is 0 Å². The van der Waals surface area contributed by atoms with Gasteiger partial charge in [-0.25, -0.2) is 9.79 Å². The zero-order chi connectivity index (χ0) is 11.1. The fraction of sp³-hybridized carbons (Fsp3) is 0.0833. The van der Waals surface area contributed by atoms with Gasteiger partial charge in [0.05, 0.1) is 23.2 Å². The first kappa shape index (κ1) is 9.03. The van der Waals surface area contributed by atoms with Gasteiger partial charge >= 0.3 is 5.97 Å². The number of carboxylic acids is 1. The zero-order valence-electron chi connectivity index (χ0n) is 8.34.